The highest BCUT2D eigenvalue weighted by atomic mass is 79.9. The first-order chi connectivity index (χ1) is 8.87. The number of hydrogen-bond donors (Lipinski definition) is 1. The van der Waals surface area contributed by atoms with Crippen molar-refractivity contribution in [3.8, 4) is 0 Å². The van der Waals surface area contributed by atoms with Gasteiger partial charge in [-0.25, -0.2) is 17.2 Å². The molecule has 1 aromatic carbocycles. The molecular formula is C11H13BrF2N2O2S. The average molecular weight is 355 g/mol. The fourth-order valence-electron chi connectivity index (χ4n) is 2.19. The van der Waals surface area contributed by atoms with Gasteiger partial charge in [0.25, 0.3) is 0 Å². The summed E-state index contributed by atoms with van der Waals surface area (Å²) >= 11 is 2.81. The second-order valence-corrected chi connectivity index (χ2v) is 7.06. The molecule has 0 spiro atoms. The number of nitrogens with zero attached hydrogens (tertiary/aromatic N) is 1. The first-order valence-corrected chi connectivity index (χ1v) is 7.97. The van der Waals surface area contributed by atoms with E-state index in [1.807, 2.05) is 0 Å². The number of benzene rings is 1. The number of halogens is 3. The predicted molar refractivity (Wildman–Crippen MR) is 70.0 cm³/mol. The molecule has 4 nitrogen and oxygen atoms in total. The lowest BCUT2D eigenvalue weighted by Crippen LogP contribution is -2.40. The molecule has 0 bridgehead atoms. The Morgan fingerprint density at radius 2 is 2.05 bits per heavy atom. The summed E-state index contributed by atoms with van der Waals surface area (Å²) < 4.78 is 52.9. The molecule has 2 N–H and O–H groups in total. The maximum absolute atomic E-state index is 13.8. The van der Waals surface area contributed by atoms with Gasteiger partial charge in [0.1, 0.15) is 16.5 Å². The Bertz CT molecular complexity index is 595. The summed E-state index contributed by atoms with van der Waals surface area (Å²) in [5.74, 6) is -1.79. The van der Waals surface area contributed by atoms with Crippen LogP contribution < -0.4 is 5.73 Å². The highest BCUT2D eigenvalue weighted by Crippen LogP contribution is 2.29. The molecule has 106 valence electrons. The van der Waals surface area contributed by atoms with Crippen LogP contribution in [0.4, 0.5) is 8.78 Å². The standard InChI is InChI=1S/C11H13BrF2N2O2S/c12-8-4-10(14)11(5-9(8)13)19(17,18)16-3-1-2-7(16)6-15/h4-5,7H,1-3,6,15H2. The lowest BCUT2D eigenvalue weighted by atomic mass is 10.2. The molecule has 0 saturated carbocycles. The monoisotopic (exact) mass is 354 g/mol. The van der Waals surface area contributed by atoms with Crippen molar-refractivity contribution < 1.29 is 17.2 Å². The number of nitrogens with two attached hydrogens (primary N) is 1. The van der Waals surface area contributed by atoms with Crippen molar-refractivity contribution in [3.63, 3.8) is 0 Å². The van der Waals surface area contributed by atoms with Crippen LogP contribution in [0.2, 0.25) is 0 Å². The van der Waals surface area contributed by atoms with Crippen LogP contribution >= 0.6 is 15.9 Å². The van der Waals surface area contributed by atoms with E-state index in [0.29, 0.717) is 18.9 Å². The Balaban J connectivity index is 2.48. The maximum Gasteiger partial charge on any atom is 0.246 e. The van der Waals surface area contributed by atoms with Gasteiger partial charge in [-0.15, -0.1) is 0 Å². The van der Waals surface area contributed by atoms with E-state index in [-0.39, 0.29) is 23.6 Å². The molecule has 0 radical (unpaired) electrons. The van der Waals surface area contributed by atoms with E-state index in [9.17, 15) is 17.2 Å². The third kappa shape index (κ3) is 2.67. The zero-order valence-electron chi connectivity index (χ0n) is 9.94. The number of hydrogen-bond acceptors (Lipinski definition) is 3. The van der Waals surface area contributed by atoms with Crippen molar-refractivity contribution in [1.29, 1.82) is 0 Å². The van der Waals surface area contributed by atoms with Gasteiger partial charge in [-0.3, -0.25) is 0 Å². The molecule has 1 aliphatic heterocycles. The molecule has 1 saturated heterocycles. The first-order valence-electron chi connectivity index (χ1n) is 5.74. The second-order valence-electron chi connectivity index (χ2n) is 4.34. The minimum Gasteiger partial charge on any atom is -0.329 e. The topological polar surface area (TPSA) is 63.4 Å². The van der Waals surface area contributed by atoms with Gasteiger partial charge >= 0.3 is 0 Å². The molecule has 1 aliphatic rings. The van der Waals surface area contributed by atoms with Crippen molar-refractivity contribution in [1.82, 2.24) is 4.31 Å². The molecule has 1 fully saturated rings. The SMILES string of the molecule is NCC1CCCN1S(=O)(=O)c1cc(F)c(Br)cc1F. The summed E-state index contributed by atoms with van der Waals surface area (Å²) in [7, 11) is -4.05. The van der Waals surface area contributed by atoms with Crippen LogP contribution in [0.3, 0.4) is 0 Å². The van der Waals surface area contributed by atoms with Gasteiger partial charge in [0.2, 0.25) is 10.0 Å². The van der Waals surface area contributed by atoms with E-state index >= 15 is 0 Å². The van der Waals surface area contributed by atoms with E-state index in [1.54, 1.807) is 0 Å². The van der Waals surface area contributed by atoms with Crippen molar-refractivity contribution in [2.24, 2.45) is 5.73 Å². The van der Waals surface area contributed by atoms with Crippen LogP contribution in [-0.2, 0) is 10.0 Å². The smallest absolute Gasteiger partial charge is 0.246 e. The highest BCUT2D eigenvalue weighted by molar-refractivity contribution is 9.10. The summed E-state index contributed by atoms with van der Waals surface area (Å²) in [4.78, 5) is -0.645. The van der Waals surface area contributed by atoms with Crippen molar-refractivity contribution >= 4 is 26.0 Å². The minimum atomic E-state index is -4.05. The molecule has 2 rings (SSSR count). The van der Waals surface area contributed by atoms with Crippen LogP contribution in [0.15, 0.2) is 21.5 Å². The summed E-state index contributed by atoms with van der Waals surface area (Å²) in [6.07, 6.45) is 1.30. The van der Waals surface area contributed by atoms with Gasteiger partial charge < -0.3 is 5.73 Å². The normalized spacial score (nSPS) is 20.9. The largest absolute Gasteiger partial charge is 0.329 e. The zero-order valence-corrected chi connectivity index (χ0v) is 12.3. The minimum absolute atomic E-state index is 0.110. The zero-order chi connectivity index (χ0) is 14.2. The van der Waals surface area contributed by atoms with Crippen molar-refractivity contribution in [2.45, 2.75) is 23.8 Å². The molecule has 0 amide bonds. The lowest BCUT2D eigenvalue weighted by Gasteiger charge is -2.23. The number of rotatable bonds is 3. The highest BCUT2D eigenvalue weighted by Gasteiger charge is 2.36. The Labute approximate surface area is 118 Å². The molecule has 0 aromatic heterocycles. The molecule has 1 atom stereocenters. The second kappa shape index (κ2) is 5.43. The van der Waals surface area contributed by atoms with E-state index in [1.165, 1.54) is 0 Å². The first kappa shape index (κ1) is 14.8. The molecule has 1 heterocycles. The van der Waals surface area contributed by atoms with E-state index in [4.69, 9.17) is 5.73 Å². The van der Waals surface area contributed by atoms with Gasteiger partial charge in [-0.2, -0.15) is 4.31 Å². The maximum atomic E-state index is 13.8. The Morgan fingerprint density at radius 3 is 2.68 bits per heavy atom. The van der Waals surface area contributed by atoms with E-state index in [2.05, 4.69) is 15.9 Å². The summed E-state index contributed by atoms with van der Waals surface area (Å²) in [6.45, 7) is 0.446. The summed E-state index contributed by atoms with van der Waals surface area (Å²) in [5.41, 5.74) is 5.51. The Morgan fingerprint density at radius 1 is 1.37 bits per heavy atom. The average Bonchev–Trinajstić information content (AvgIpc) is 2.82. The molecule has 1 unspecified atom stereocenters. The summed E-state index contributed by atoms with van der Waals surface area (Å²) in [6, 6.07) is 1.16. The molecule has 0 aliphatic carbocycles. The fourth-order valence-corrected chi connectivity index (χ4v) is 4.27. The summed E-state index contributed by atoms with van der Waals surface area (Å²) in [5, 5.41) is 0. The lowest BCUT2D eigenvalue weighted by molar-refractivity contribution is 0.389. The van der Waals surface area contributed by atoms with Gasteiger partial charge in [-0.05, 0) is 40.9 Å². The predicted octanol–water partition coefficient (Wildman–Crippen LogP) is 1.84. The molecule has 1 aromatic rings. The molecule has 8 heteroatoms. The fraction of sp³-hybridized carbons (Fsp3) is 0.455. The van der Waals surface area contributed by atoms with Gasteiger partial charge in [-0.1, -0.05) is 0 Å². The van der Waals surface area contributed by atoms with Crippen molar-refractivity contribution in [3.05, 3.63) is 28.2 Å². The van der Waals surface area contributed by atoms with Crippen LogP contribution in [0.25, 0.3) is 0 Å². The third-order valence-corrected chi connectivity index (χ3v) is 5.73. The van der Waals surface area contributed by atoms with Gasteiger partial charge in [0.05, 0.1) is 4.47 Å². The number of sulfonamides is 1. The Kier molecular flexibility index (Phi) is 4.24. The van der Waals surface area contributed by atoms with E-state index in [0.717, 1.165) is 10.4 Å². The molecular weight excluding hydrogens is 342 g/mol. The van der Waals surface area contributed by atoms with Gasteiger partial charge in [0, 0.05) is 19.1 Å². The van der Waals surface area contributed by atoms with Crippen molar-refractivity contribution in [2.75, 3.05) is 13.1 Å². The molecule has 19 heavy (non-hydrogen) atoms. The van der Waals surface area contributed by atoms with E-state index < -0.39 is 26.6 Å². The van der Waals surface area contributed by atoms with Crippen LogP contribution in [0, 0.1) is 11.6 Å². The third-order valence-electron chi connectivity index (χ3n) is 3.16. The quantitative estimate of drug-likeness (QED) is 0.842. The van der Waals surface area contributed by atoms with Gasteiger partial charge in [0.15, 0.2) is 0 Å². The van der Waals surface area contributed by atoms with Crippen LogP contribution in [0.1, 0.15) is 12.8 Å². The van der Waals surface area contributed by atoms with Crippen LogP contribution in [0.5, 0.6) is 0 Å². The Hall–Kier alpha value is -0.570. The van der Waals surface area contributed by atoms with Crippen LogP contribution in [-0.4, -0.2) is 31.9 Å².